The molecule has 6 nitrogen and oxygen atoms in total. The van der Waals surface area contributed by atoms with Crippen LogP contribution < -0.4 is 10.9 Å². The second kappa shape index (κ2) is 7.72. The molecular weight excluding hydrogens is 332 g/mol. The molecular formula is C20H24N2O4. The van der Waals surface area contributed by atoms with E-state index in [1.54, 1.807) is 24.4 Å². The molecule has 6 heteroatoms. The average molecular weight is 356 g/mol. The number of hydrogen-bond donors (Lipinski definition) is 1. The van der Waals surface area contributed by atoms with Crippen LogP contribution >= 0.6 is 0 Å². The number of carbonyl (C=O) groups is 2. The smallest absolute Gasteiger partial charge is 0.337 e. The fraction of sp³-hybridized carbons (Fsp3) is 0.450. The summed E-state index contributed by atoms with van der Waals surface area (Å²) >= 11 is 0. The number of ether oxygens (including phenoxy) is 1. The summed E-state index contributed by atoms with van der Waals surface area (Å²) in [5.74, 6) is -0.613. The van der Waals surface area contributed by atoms with Crippen molar-refractivity contribution < 1.29 is 14.3 Å². The van der Waals surface area contributed by atoms with Gasteiger partial charge in [0.1, 0.15) is 6.04 Å². The van der Waals surface area contributed by atoms with Crippen LogP contribution in [0.25, 0.3) is 10.8 Å². The van der Waals surface area contributed by atoms with E-state index in [0.29, 0.717) is 17.4 Å². The van der Waals surface area contributed by atoms with Gasteiger partial charge in [0.15, 0.2) is 0 Å². The predicted molar refractivity (Wildman–Crippen MR) is 99.3 cm³/mol. The van der Waals surface area contributed by atoms with E-state index in [2.05, 4.69) is 5.32 Å². The van der Waals surface area contributed by atoms with Crippen LogP contribution in [0, 0.1) is 0 Å². The first-order chi connectivity index (χ1) is 12.5. The molecule has 1 aromatic heterocycles. The molecule has 1 heterocycles. The molecule has 0 spiro atoms. The maximum absolute atomic E-state index is 13.0. The largest absolute Gasteiger partial charge is 0.465 e. The first kappa shape index (κ1) is 18.2. The molecule has 0 bridgehead atoms. The third-order valence-corrected chi connectivity index (χ3v) is 5.08. The lowest BCUT2D eigenvalue weighted by atomic mass is 10.1. The zero-order valence-electron chi connectivity index (χ0n) is 15.2. The second-order valence-corrected chi connectivity index (χ2v) is 6.74. The Morgan fingerprint density at radius 3 is 2.65 bits per heavy atom. The van der Waals surface area contributed by atoms with Gasteiger partial charge in [0, 0.05) is 17.6 Å². The van der Waals surface area contributed by atoms with Gasteiger partial charge in [0.2, 0.25) is 5.91 Å². The number of hydrogen-bond acceptors (Lipinski definition) is 4. The van der Waals surface area contributed by atoms with Crippen molar-refractivity contribution in [1.29, 1.82) is 0 Å². The number of rotatable bonds is 5. The van der Waals surface area contributed by atoms with Crippen LogP contribution in [0.2, 0.25) is 0 Å². The number of methoxy groups -OCH3 is 1. The SMILES string of the molecule is CC[C@H](C(=O)NC1CCCC1)n1ccc2ccc(C(=O)OC)cc2c1=O. The van der Waals surface area contributed by atoms with Crippen LogP contribution in [-0.2, 0) is 9.53 Å². The van der Waals surface area contributed by atoms with Gasteiger partial charge < -0.3 is 14.6 Å². The zero-order valence-corrected chi connectivity index (χ0v) is 15.2. The molecule has 1 fully saturated rings. The predicted octanol–water partition coefficient (Wildman–Crippen LogP) is 2.80. The quantitative estimate of drug-likeness (QED) is 0.836. The van der Waals surface area contributed by atoms with Gasteiger partial charge in [0.05, 0.1) is 12.7 Å². The van der Waals surface area contributed by atoms with Gasteiger partial charge in [0.25, 0.3) is 5.56 Å². The Hall–Kier alpha value is -2.63. The van der Waals surface area contributed by atoms with E-state index in [9.17, 15) is 14.4 Å². The molecule has 26 heavy (non-hydrogen) atoms. The van der Waals surface area contributed by atoms with Crippen LogP contribution in [0.3, 0.4) is 0 Å². The highest BCUT2D eigenvalue weighted by atomic mass is 16.5. The Balaban J connectivity index is 1.96. The number of carbonyl (C=O) groups excluding carboxylic acids is 2. The van der Waals surface area contributed by atoms with Gasteiger partial charge >= 0.3 is 5.97 Å². The highest BCUT2D eigenvalue weighted by Gasteiger charge is 2.24. The number of esters is 1. The molecule has 1 saturated carbocycles. The zero-order chi connectivity index (χ0) is 18.7. The number of fused-ring (bicyclic) bond motifs is 1. The summed E-state index contributed by atoms with van der Waals surface area (Å²) in [5, 5.41) is 4.20. The summed E-state index contributed by atoms with van der Waals surface area (Å²) < 4.78 is 6.19. The van der Waals surface area contributed by atoms with Crippen molar-refractivity contribution in [2.24, 2.45) is 0 Å². The monoisotopic (exact) mass is 356 g/mol. The topological polar surface area (TPSA) is 77.4 Å². The van der Waals surface area contributed by atoms with Crippen molar-refractivity contribution in [3.8, 4) is 0 Å². The normalized spacial score (nSPS) is 15.8. The molecule has 1 N–H and O–H groups in total. The second-order valence-electron chi connectivity index (χ2n) is 6.74. The molecule has 2 aromatic rings. The molecule has 1 atom stereocenters. The highest BCUT2D eigenvalue weighted by Crippen LogP contribution is 2.20. The number of pyridine rings is 1. The first-order valence-electron chi connectivity index (χ1n) is 9.08. The van der Waals surface area contributed by atoms with Crippen molar-refractivity contribution in [2.75, 3.05) is 7.11 Å². The van der Waals surface area contributed by atoms with Gasteiger partial charge in [-0.1, -0.05) is 25.8 Å². The lowest BCUT2D eigenvalue weighted by Gasteiger charge is -2.21. The van der Waals surface area contributed by atoms with E-state index in [0.717, 1.165) is 31.1 Å². The lowest BCUT2D eigenvalue weighted by molar-refractivity contribution is -0.125. The van der Waals surface area contributed by atoms with E-state index in [4.69, 9.17) is 4.74 Å². The molecule has 1 aromatic carbocycles. The fourth-order valence-corrected chi connectivity index (χ4v) is 3.62. The van der Waals surface area contributed by atoms with Crippen LogP contribution in [0.15, 0.2) is 35.3 Å². The Morgan fingerprint density at radius 2 is 2.00 bits per heavy atom. The fourth-order valence-electron chi connectivity index (χ4n) is 3.62. The van der Waals surface area contributed by atoms with Crippen LogP contribution in [-0.4, -0.2) is 29.6 Å². The molecule has 0 saturated heterocycles. The number of amides is 1. The van der Waals surface area contributed by atoms with Crippen molar-refractivity contribution >= 4 is 22.6 Å². The average Bonchev–Trinajstić information content (AvgIpc) is 3.16. The van der Waals surface area contributed by atoms with E-state index in [1.165, 1.54) is 17.7 Å². The van der Waals surface area contributed by atoms with E-state index >= 15 is 0 Å². The van der Waals surface area contributed by atoms with Crippen LogP contribution in [0.1, 0.15) is 55.4 Å². The van der Waals surface area contributed by atoms with Gasteiger partial charge in [-0.25, -0.2) is 4.79 Å². The molecule has 1 aliphatic rings. The van der Waals surface area contributed by atoms with E-state index in [1.807, 2.05) is 6.92 Å². The molecule has 1 amide bonds. The van der Waals surface area contributed by atoms with Gasteiger partial charge in [-0.2, -0.15) is 0 Å². The Labute approximate surface area is 152 Å². The minimum absolute atomic E-state index is 0.120. The Kier molecular flexibility index (Phi) is 5.40. The van der Waals surface area contributed by atoms with E-state index < -0.39 is 12.0 Å². The number of aromatic nitrogens is 1. The standard InChI is InChI=1S/C20H24N2O4/c1-3-17(18(23)21-15-6-4-5-7-15)22-11-10-13-8-9-14(20(25)26-2)12-16(13)19(22)24/h8-12,15,17H,3-7H2,1-2H3,(H,21,23)/t17-/m1/s1. The summed E-state index contributed by atoms with van der Waals surface area (Å²) in [6.07, 6.45) is 6.43. The molecule has 138 valence electrons. The van der Waals surface area contributed by atoms with Crippen molar-refractivity contribution in [3.63, 3.8) is 0 Å². The summed E-state index contributed by atoms with van der Waals surface area (Å²) in [6, 6.07) is 6.31. The van der Waals surface area contributed by atoms with Crippen molar-refractivity contribution in [2.45, 2.75) is 51.1 Å². The molecule has 0 aliphatic heterocycles. The van der Waals surface area contributed by atoms with Crippen LogP contribution in [0.4, 0.5) is 0 Å². The molecule has 1 aliphatic carbocycles. The van der Waals surface area contributed by atoms with Gasteiger partial charge in [-0.3, -0.25) is 9.59 Å². The first-order valence-corrected chi connectivity index (χ1v) is 9.08. The third-order valence-electron chi connectivity index (χ3n) is 5.08. The maximum atomic E-state index is 13.0. The maximum Gasteiger partial charge on any atom is 0.337 e. The number of benzene rings is 1. The summed E-state index contributed by atoms with van der Waals surface area (Å²) in [5.41, 5.74) is 0.0416. The van der Waals surface area contributed by atoms with Gasteiger partial charge in [-0.05, 0) is 42.8 Å². The number of nitrogens with zero attached hydrogens (tertiary/aromatic N) is 1. The summed E-state index contributed by atoms with van der Waals surface area (Å²) in [6.45, 7) is 1.89. The minimum atomic E-state index is -0.561. The summed E-state index contributed by atoms with van der Waals surface area (Å²) in [7, 11) is 1.30. The number of nitrogens with one attached hydrogen (secondary N) is 1. The Morgan fingerprint density at radius 1 is 1.27 bits per heavy atom. The minimum Gasteiger partial charge on any atom is -0.465 e. The third kappa shape index (κ3) is 3.49. The van der Waals surface area contributed by atoms with Crippen LogP contribution in [0.5, 0.6) is 0 Å². The summed E-state index contributed by atoms with van der Waals surface area (Å²) in [4.78, 5) is 37.4. The van der Waals surface area contributed by atoms with E-state index in [-0.39, 0.29) is 17.5 Å². The molecule has 0 radical (unpaired) electrons. The molecule has 3 rings (SSSR count). The molecule has 0 unspecified atom stereocenters. The van der Waals surface area contributed by atoms with Gasteiger partial charge in [-0.15, -0.1) is 0 Å². The highest BCUT2D eigenvalue weighted by molar-refractivity contribution is 5.95. The lowest BCUT2D eigenvalue weighted by Crippen LogP contribution is -2.41. The van der Waals surface area contributed by atoms with Crippen molar-refractivity contribution in [3.05, 3.63) is 46.4 Å². The van der Waals surface area contributed by atoms with Crippen molar-refractivity contribution in [1.82, 2.24) is 9.88 Å². The Bertz CT molecular complexity index is 881.